The average Bonchev–Trinajstić information content (AvgIpc) is 2.65. The Morgan fingerprint density at radius 3 is 2.31 bits per heavy atom. The minimum atomic E-state index is -0.148. The summed E-state index contributed by atoms with van der Waals surface area (Å²) in [6.07, 6.45) is 4.13. The molecule has 0 radical (unpaired) electrons. The molecule has 1 fully saturated rings. The van der Waals surface area contributed by atoms with Crippen LogP contribution in [0.3, 0.4) is 0 Å². The van der Waals surface area contributed by atoms with Crippen LogP contribution in [0.15, 0.2) is 23.8 Å². The number of nitrogens with one attached hydrogen (secondary N) is 1. The molecule has 0 aromatic heterocycles. The zero-order chi connectivity index (χ0) is 19.1. The number of piperidine rings is 1. The zero-order valence-corrected chi connectivity index (χ0v) is 16.4. The number of ether oxygens (including phenoxy) is 3. The first-order chi connectivity index (χ1) is 12.5. The summed E-state index contributed by atoms with van der Waals surface area (Å²) in [5.41, 5.74) is 1.79. The maximum atomic E-state index is 12.7. The van der Waals surface area contributed by atoms with Crippen molar-refractivity contribution in [2.75, 3.05) is 41.0 Å². The zero-order valence-electron chi connectivity index (χ0n) is 16.4. The third-order valence-electron chi connectivity index (χ3n) is 4.63. The van der Waals surface area contributed by atoms with Crippen LogP contribution in [0.4, 0.5) is 0 Å². The standard InChI is InChI=1S/C20H30N2O4/c1-14(2)8-11-22-12-9-15(10-13-22)21-20(23)16-6-7-17(24-3)19(26-5)18(16)25-4/h6-8,15H,9-13H2,1-5H3,(H,21,23). The van der Waals surface area contributed by atoms with Gasteiger partial charge in [0.25, 0.3) is 5.91 Å². The highest BCUT2D eigenvalue weighted by Crippen LogP contribution is 2.39. The van der Waals surface area contributed by atoms with Crippen LogP contribution in [0, 0.1) is 0 Å². The second-order valence-corrected chi connectivity index (χ2v) is 6.71. The van der Waals surface area contributed by atoms with Gasteiger partial charge in [0.1, 0.15) is 0 Å². The Labute approximate surface area is 156 Å². The number of hydrogen-bond acceptors (Lipinski definition) is 5. The Bertz CT molecular complexity index is 645. The van der Waals surface area contributed by atoms with Gasteiger partial charge in [0, 0.05) is 25.7 Å². The van der Waals surface area contributed by atoms with Crippen molar-refractivity contribution in [3.8, 4) is 17.2 Å². The smallest absolute Gasteiger partial charge is 0.255 e. The normalized spacial score (nSPS) is 15.3. The highest BCUT2D eigenvalue weighted by atomic mass is 16.5. The monoisotopic (exact) mass is 362 g/mol. The molecule has 144 valence electrons. The number of nitrogens with zero attached hydrogens (tertiary/aromatic N) is 1. The number of likely N-dealkylation sites (tertiary alicyclic amines) is 1. The summed E-state index contributed by atoms with van der Waals surface area (Å²) in [4.78, 5) is 15.2. The van der Waals surface area contributed by atoms with Crippen molar-refractivity contribution in [3.05, 3.63) is 29.3 Å². The number of hydrogen-bond donors (Lipinski definition) is 1. The summed E-state index contributed by atoms with van der Waals surface area (Å²) < 4.78 is 16.0. The summed E-state index contributed by atoms with van der Waals surface area (Å²) in [6, 6.07) is 3.60. The molecule has 6 nitrogen and oxygen atoms in total. The molecule has 0 saturated carbocycles. The van der Waals surface area contributed by atoms with Crippen LogP contribution in [0.5, 0.6) is 17.2 Å². The van der Waals surface area contributed by atoms with Crippen LogP contribution in [-0.4, -0.2) is 57.8 Å². The van der Waals surface area contributed by atoms with Gasteiger partial charge < -0.3 is 19.5 Å². The number of allylic oxidation sites excluding steroid dienone is 1. The van der Waals surface area contributed by atoms with E-state index in [2.05, 4.69) is 30.1 Å². The molecule has 1 amide bonds. The van der Waals surface area contributed by atoms with Crippen LogP contribution >= 0.6 is 0 Å². The summed E-state index contributed by atoms with van der Waals surface area (Å²) in [7, 11) is 4.61. The summed E-state index contributed by atoms with van der Waals surface area (Å²) >= 11 is 0. The Kier molecular flexibility index (Phi) is 7.33. The second-order valence-electron chi connectivity index (χ2n) is 6.71. The molecule has 2 rings (SSSR count). The van der Waals surface area contributed by atoms with Crippen LogP contribution in [0.25, 0.3) is 0 Å². The van der Waals surface area contributed by atoms with Gasteiger partial charge in [-0.1, -0.05) is 11.6 Å². The van der Waals surface area contributed by atoms with E-state index in [0.717, 1.165) is 32.5 Å². The van der Waals surface area contributed by atoms with Crippen molar-refractivity contribution < 1.29 is 19.0 Å². The number of amides is 1. The fourth-order valence-corrected chi connectivity index (χ4v) is 3.11. The predicted molar refractivity (Wildman–Crippen MR) is 102 cm³/mol. The lowest BCUT2D eigenvalue weighted by molar-refractivity contribution is 0.0910. The van der Waals surface area contributed by atoms with Crippen molar-refractivity contribution >= 4 is 5.91 Å². The van der Waals surface area contributed by atoms with Crippen molar-refractivity contribution in [2.24, 2.45) is 0 Å². The largest absolute Gasteiger partial charge is 0.493 e. The third kappa shape index (κ3) is 4.91. The molecular formula is C20H30N2O4. The van der Waals surface area contributed by atoms with E-state index in [9.17, 15) is 4.79 Å². The first kappa shape index (κ1) is 20.1. The number of carbonyl (C=O) groups excluding carboxylic acids is 1. The molecule has 0 bridgehead atoms. The Balaban J connectivity index is 2.02. The highest BCUT2D eigenvalue weighted by Gasteiger charge is 2.24. The Morgan fingerprint density at radius 1 is 1.12 bits per heavy atom. The molecule has 1 aliphatic rings. The van der Waals surface area contributed by atoms with Crippen molar-refractivity contribution in [2.45, 2.75) is 32.7 Å². The average molecular weight is 362 g/mol. The van der Waals surface area contributed by atoms with Gasteiger partial charge >= 0.3 is 0 Å². The number of carbonyl (C=O) groups is 1. The molecular weight excluding hydrogens is 332 g/mol. The first-order valence-corrected chi connectivity index (χ1v) is 8.95. The molecule has 1 aromatic rings. The fraction of sp³-hybridized carbons (Fsp3) is 0.550. The Morgan fingerprint density at radius 2 is 1.77 bits per heavy atom. The molecule has 1 saturated heterocycles. The Hall–Kier alpha value is -2.21. The van der Waals surface area contributed by atoms with E-state index in [1.807, 2.05) is 0 Å². The lowest BCUT2D eigenvalue weighted by Gasteiger charge is -2.31. The molecule has 0 aliphatic carbocycles. The van der Waals surface area contributed by atoms with Gasteiger partial charge in [-0.2, -0.15) is 0 Å². The van der Waals surface area contributed by atoms with Gasteiger partial charge in [0.05, 0.1) is 26.9 Å². The molecule has 0 spiro atoms. The molecule has 6 heteroatoms. The van der Waals surface area contributed by atoms with E-state index < -0.39 is 0 Å². The summed E-state index contributed by atoms with van der Waals surface area (Å²) in [6.45, 7) is 7.18. The van der Waals surface area contributed by atoms with Crippen LogP contribution in [-0.2, 0) is 0 Å². The van der Waals surface area contributed by atoms with Crippen molar-refractivity contribution in [1.82, 2.24) is 10.2 Å². The predicted octanol–water partition coefficient (Wildman–Crippen LogP) is 2.87. The van der Waals surface area contributed by atoms with E-state index in [-0.39, 0.29) is 11.9 Å². The summed E-state index contributed by atoms with van der Waals surface area (Å²) in [5.74, 6) is 1.21. The van der Waals surface area contributed by atoms with Crippen LogP contribution in [0.2, 0.25) is 0 Å². The molecule has 1 heterocycles. The maximum Gasteiger partial charge on any atom is 0.255 e. The second kappa shape index (κ2) is 9.48. The maximum absolute atomic E-state index is 12.7. The summed E-state index contributed by atoms with van der Waals surface area (Å²) in [5, 5.41) is 3.13. The molecule has 1 N–H and O–H groups in total. The van der Waals surface area contributed by atoms with Gasteiger partial charge in [-0.25, -0.2) is 0 Å². The molecule has 0 unspecified atom stereocenters. The number of rotatable bonds is 7. The number of benzene rings is 1. The SMILES string of the molecule is COc1ccc(C(=O)NC2CCN(CC=C(C)C)CC2)c(OC)c1OC. The number of methoxy groups -OCH3 is 3. The molecule has 0 atom stereocenters. The lowest BCUT2D eigenvalue weighted by Crippen LogP contribution is -2.44. The third-order valence-corrected chi connectivity index (χ3v) is 4.63. The van der Waals surface area contributed by atoms with E-state index in [1.165, 1.54) is 19.8 Å². The van der Waals surface area contributed by atoms with E-state index >= 15 is 0 Å². The van der Waals surface area contributed by atoms with Gasteiger partial charge in [-0.05, 0) is 38.8 Å². The van der Waals surface area contributed by atoms with E-state index in [1.54, 1.807) is 19.2 Å². The topological polar surface area (TPSA) is 60.0 Å². The minimum Gasteiger partial charge on any atom is -0.493 e. The van der Waals surface area contributed by atoms with Gasteiger partial charge in [-0.3, -0.25) is 9.69 Å². The highest BCUT2D eigenvalue weighted by molar-refractivity contribution is 5.98. The fourth-order valence-electron chi connectivity index (χ4n) is 3.11. The molecule has 26 heavy (non-hydrogen) atoms. The minimum absolute atomic E-state index is 0.148. The van der Waals surface area contributed by atoms with Gasteiger partial charge in [0.2, 0.25) is 5.75 Å². The van der Waals surface area contributed by atoms with Crippen molar-refractivity contribution in [1.29, 1.82) is 0 Å². The van der Waals surface area contributed by atoms with Crippen molar-refractivity contribution in [3.63, 3.8) is 0 Å². The van der Waals surface area contributed by atoms with E-state index in [0.29, 0.717) is 22.8 Å². The lowest BCUT2D eigenvalue weighted by atomic mass is 10.0. The first-order valence-electron chi connectivity index (χ1n) is 8.95. The molecule has 1 aromatic carbocycles. The van der Waals surface area contributed by atoms with Crippen LogP contribution in [0.1, 0.15) is 37.0 Å². The molecule has 1 aliphatic heterocycles. The van der Waals surface area contributed by atoms with Gasteiger partial charge in [-0.15, -0.1) is 0 Å². The van der Waals surface area contributed by atoms with E-state index in [4.69, 9.17) is 14.2 Å². The quantitative estimate of drug-likeness (QED) is 0.756. The van der Waals surface area contributed by atoms with Crippen LogP contribution < -0.4 is 19.5 Å². The van der Waals surface area contributed by atoms with Gasteiger partial charge in [0.15, 0.2) is 11.5 Å².